The van der Waals surface area contributed by atoms with Gasteiger partial charge in [-0.2, -0.15) is 5.26 Å². The van der Waals surface area contributed by atoms with Crippen molar-refractivity contribution >= 4 is 23.0 Å². The van der Waals surface area contributed by atoms with Gasteiger partial charge in [-0.05, 0) is 6.07 Å². The maximum Gasteiger partial charge on any atom is 0.346 e. The number of thiophene rings is 1. The normalized spacial score (nSPS) is 9.75. The molecule has 0 aliphatic heterocycles. The fraction of sp³-hybridized carbons (Fsp3) is 0. The Morgan fingerprint density at radius 1 is 1.45 bits per heavy atom. The predicted molar refractivity (Wildman–Crippen MR) is 69.2 cm³/mol. The molecule has 0 aliphatic rings. The van der Waals surface area contributed by atoms with E-state index in [4.69, 9.17) is 15.1 Å². The lowest BCUT2D eigenvalue weighted by Crippen LogP contribution is -1.94. The first-order valence-electron chi connectivity index (χ1n) is 5.19. The number of ether oxygens (including phenoxy) is 1. The number of nitrogens with zero attached hydrogens (tertiary/aromatic N) is 2. The lowest BCUT2D eigenvalue weighted by molar-refractivity contribution is -0.385. The zero-order valence-corrected chi connectivity index (χ0v) is 10.6. The number of carboxylic acids is 1. The number of benzene rings is 1. The molecule has 8 heteroatoms. The van der Waals surface area contributed by atoms with E-state index in [-0.39, 0.29) is 27.6 Å². The van der Waals surface area contributed by atoms with Crippen molar-refractivity contribution in [2.24, 2.45) is 0 Å². The van der Waals surface area contributed by atoms with Gasteiger partial charge < -0.3 is 9.84 Å². The van der Waals surface area contributed by atoms with Crippen LogP contribution in [-0.2, 0) is 0 Å². The summed E-state index contributed by atoms with van der Waals surface area (Å²) in [5, 5.41) is 29.9. The van der Waals surface area contributed by atoms with Gasteiger partial charge in [0.25, 0.3) is 0 Å². The van der Waals surface area contributed by atoms with Crippen LogP contribution in [0.4, 0.5) is 5.69 Å². The van der Waals surface area contributed by atoms with Crippen LogP contribution >= 0.6 is 11.3 Å². The Morgan fingerprint density at radius 2 is 2.20 bits per heavy atom. The SMILES string of the molecule is N#Cc1ccc([N+](=O)[O-])c(Oc2csc(C(=O)O)c2)c1. The van der Waals surface area contributed by atoms with Crippen molar-refractivity contribution in [3.63, 3.8) is 0 Å². The van der Waals surface area contributed by atoms with Gasteiger partial charge in [-0.15, -0.1) is 11.3 Å². The first-order chi connectivity index (χ1) is 9.51. The molecule has 0 atom stereocenters. The third-order valence-electron chi connectivity index (χ3n) is 2.30. The second kappa shape index (κ2) is 5.38. The molecule has 0 fully saturated rings. The highest BCUT2D eigenvalue weighted by molar-refractivity contribution is 7.12. The van der Waals surface area contributed by atoms with Gasteiger partial charge in [-0.1, -0.05) is 0 Å². The van der Waals surface area contributed by atoms with Gasteiger partial charge in [-0.3, -0.25) is 10.1 Å². The van der Waals surface area contributed by atoms with Gasteiger partial charge in [0.1, 0.15) is 10.6 Å². The molecule has 100 valence electrons. The number of rotatable bonds is 4. The topological polar surface area (TPSA) is 113 Å². The van der Waals surface area contributed by atoms with Gasteiger partial charge >= 0.3 is 11.7 Å². The number of carboxylic acid groups (broad SMARTS) is 1. The van der Waals surface area contributed by atoms with E-state index < -0.39 is 10.9 Å². The minimum Gasteiger partial charge on any atom is -0.477 e. The molecule has 1 heterocycles. The lowest BCUT2D eigenvalue weighted by Gasteiger charge is -2.04. The average molecular weight is 290 g/mol. The van der Waals surface area contributed by atoms with Crippen molar-refractivity contribution in [2.45, 2.75) is 0 Å². The van der Waals surface area contributed by atoms with Crippen LogP contribution in [-0.4, -0.2) is 16.0 Å². The summed E-state index contributed by atoms with van der Waals surface area (Å²) in [5.41, 5.74) is -0.0913. The quantitative estimate of drug-likeness (QED) is 0.683. The number of carbonyl (C=O) groups is 1. The molecular weight excluding hydrogens is 284 g/mol. The molecular formula is C12H6N2O5S. The molecule has 1 aromatic heterocycles. The second-order valence-electron chi connectivity index (χ2n) is 3.61. The molecule has 1 aromatic carbocycles. The third kappa shape index (κ3) is 2.73. The number of nitro benzene ring substituents is 1. The van der Waals surface area contributed by atoms with E-state index in [2.05, 4.69) is 0 Å². The summed E-state index contributed by atoms with van der Waals surface area (Å²) in [5.74, 6) is -1.04. The van der Waals surface area contributed by atoms with Gasteiger partial charge in [0.15, 0.2) is 0 Å². The van der Waals surface area contributed by atoms with E-state index in [1.165, 1.54) is 29.6 Å². The molecule has 0 saturated carbocycles. The van der Waals surface area contributed by atoms with E-state index in [1.807, 2.05) is 6.07 Å². The zero-order valence-electron chi connectivity index (χ0n) is 9.77. The summed E-state index contributed by atoms with van der Waals surface area (Å²) in [7, 11) is 0. The first kappa shape index (κ1) is 13.5. The van der Waals surface area contributed by atoms with Crippen molar-refractivity contribution in [3.05, 3.63) is 50.2 Å². The summed E-state index contributed by atoms with van der Waals surface area (Å²) in [6.45, 7) is 0. The van der Waals surface area contributed by atoms with Crippen molar-refractivity contribution in [1.29, 1.82) is 5.26 Å². The number of nitriles is 1. The number of hydrogen-bond donors (Lipinski definition) is 1. The highest BCUT2D eigenvalue weighted by Gasteiger charge is 2.17. The van der Waals surface area contributed by atoms with E-state index >= 15 is 0 Å². The standard InChI is InChI=1S/C12H6N2O5S/c13-5-7-1-2-9(14(17)18)10(3-7)19-8-4-11(12(15)16)20-6-8/h1-4,6H,(H,15,16). The van der Waals surface area contributed by atoms with Gasteiger partial charge in [0.05, 0.1) is 16.6 Å². The molecule has 0 unspecified atom stereocenters. The molecule has 20 heavy (non-hydrogen) atoms. The Balaban J connectivity index is 2.38. The largest absolute Gasteiger partial charge is 0.477 e. The molecule has 7 nitrogen and oxygen atoms in total. The molecule has 0 aliphatic carbocycles. The zero-order chi connectivity index (χ0) is 14.7. The molecule has 0 radical (unpaired) electrons. The Hall–Kier alpha value is -2.92. The molecule has 2 rings (SSSR count). The maximum absolute atomic E-state index is 10.9. The summed E-state index contributed by atoms with van der Waals surface area (Å²) in [6, 6.07) is 6.81. The molecule has 0 bridgehead atoms. The number of aromatic carboxylic acids is 1. The maximum atomic E-state index is 10.9. The van der Waals surface area contributed by atoms with Crippen LogP contribution in [0.15, 0.2) is 29.6 Å². The van der Waals surface area contributed by atoms with Gasteiger partial charge in [0, 0.05) is 23.6 Å². The van der Waals surface area contributed by atoms with Crippen LogP contribution in [0.25, 0.3) is 0 Å². The summed E-state index contributed by atoms with van der Waals surface area (Å²) < 4.78 is 5.30. The van der Waals surface area contributed by atoms with Crippen LogP contribution in [0.3, 0.4) is 0 Å². The molecule has 2 aromatic rings. The van der Waals surface area contributed by atoms with Crippen molar-refractivity contribution in [3.8, 4) is 17.6 Å². The Labute approximate surface area is 116 Å². The van der Waals surface area contributed by atoms with E-state index in [0.29, 0.717) is 0 Å². The van der Waals surface area contributed by atoms with Crippen LogP contribution in [0.5, 0.6) is 11.5 Å². The van der Waals surface area contributed by atoms with Crippen molar-refractivity contribution < 1.29 is 19.6 Å². The Bertz CT molecular complexity index is 732. The van der Waals surface area contributed by atoms with Gasteiger partial charge in [0.2, 0.25) is 5.75 Å². The summed E-state index contributed by atoms with van der Waals surface area (Å²) >= 11 is 0.942. The van der Waals surface area contributed by atoms with Crippen molar-refractivity contribution in [2.75, 3.05) is 0 Å². The van der Waals surface area contributed by atoms with Crippen LogP contribution < -0.4 is 4.74 Å². The second-order valence-corrected chi connectivity index (χ2v) is 4.52. The summed E-state index contributed by atoms with van der Waals surface area (Å²) in [4.78, 5) is 21.0. The van der Waals surface area contributed by atoms with Crippen LogP contribution in [0.1, 0.15) is 15.2 Å². The summed E-state index contributed by atoms with van der Waals surface area (Å²) in [6.07, 6.45) is 0. The number of nitro groups is 1. The fourth-order valence-corrected chi connectivity index (χ4v) is 2.07. The van der Waals surface area contributed by atoms with E-state index in [1.54, 1.807) is 0 Å². The average Bonchev–Trinajstić information content (AvgIpc) is 2.87. The molecule has 0 saturated heterocycles. The predicted octanol–water partition coefficient (Wildman–Crippen LogP) is 3.02. The van der Waals surface area contributed by atoms with Crippen LogP contribution in [0.2, 0.25) is 0 Å². The smallest absolute Gasteiger partial charge is 0.346 e. The van der Waals surface area contributed by atoms with E-state index in [0.717, 1.165) is 11.3 Å². The first-order valence-corrected chi connectivity index (χ1v) is 6.07. The molecule has 1 N–H and O–H groups in total. The minimum atomic E-state index is -1.11. The Morgan fingerprint density at radius 3 is 2.75 bits per heavy atom. The van der Waals surface area contributed by atoms with Crippen LogP contribution in [0, 0.1) is 21.4 Å². The lowest BCUT2D eigenvalue weighted by atomic mass is 10.2. The molecule has 0 amide bonds. The monoisotopic (exact) mass is 290 g/mol. The fourth-order valence-electron chi connectivity index (χ4n) is 1.43. The highest BCUT2D eigenvalue weighted by Crippen LogP contribution is 2.34. The highest BCUT2D eigenvalue weighted by atomic mass is 32.1. The minimum absolute atomic E-state index is 0.0547. The third-order valence-corrected chi connectivity index (χ3v) is 3.20. The molecule has 0 spiro atoms. The number of hydrogen-bond acceptors (Lipinski definition) is 6. The van der Waals surface area contributed by atoms with E-state index in [9.17, 15) is 14.9 Å². The Kier molecular flexibility index (Phi) is 3.63. The van der Waals surface area contributed by atoms with Gasteiger partial charge in [-0.25, -0.2) is 4.79 Å². The van der Waals surface area contributed by atoms with Crippen molar-refractivity contribution in [1.82, 2.24) is 0 Å².